The molecule has 1 aliphatic rings. The predicted molar refractivity (Wildman–Crippen MR) is 268 cm³/mol. The van der Waals surface area contributed by atoms with E-state index in [0.29, 0.717) is 0 Å². The fourth-order valence-corrected chi connectivity index (χ4v) is 11.4. The molecule has 0 atom stereocenters. The van der Waals surface area contributed by atoms with Crippen molar-refractivity contribution in [2.75, 3.05) is 4.90 Å². The molecule has 0 saturated carbocycles. The molecule has 1 nitrogen and oxygen atoms in total. The lowest BCUT2D eigenvalue weighted by Gasteiger charge is -2.34. The molecule has 2 heteroatoms. The minimum Gasteiger partial charge on any atom is -0.310 e. The molecular weight excluding hydrogens is 779 g/mol. The van der Waals surface area contributed by atoms with Crippen LogP contribution >= 0.6 is 11.3 Å². The molecule has 10 aromatic carbocycles. The van der Waals surface area contributed by atoms with E-state index in [4.69, 9.17) is 0 Å². The number of anilines is 3. The van der Waals surface area contributed by atoms with Crippen molar-refractivity contribution in [1.29, 1.82) is 0 Å². The van der Waals surface area contributed by atoms with Crippen molar-refractivity contribution in [3.63, 3.8) is 0 Å². The molecule has 0 unspecified atom stereocenters. The fourth-order valence-electron chi connectivity index (χ4n) is 10.1. The van der Waals surface area contributed by atoms with Gasteiger partial charge >= 0.3 is 0 Å². The van der Waals surface area contributed by atoms with E-state index < -0.39 is 5.41 Å². The number of fused-ring (bicyclic) bond motifs is 6. The highest BCUT2D eigenvalue weighted by molar-refractivity contribution is 7.26. The van der Waals surface area contributed by atoms with Crippen LogP contribution in [0.3, 0.4) is 0 Å². The Bertz CT molecular complexity index is 3340. The Morgan fingerprint density at radius 1 is 0.302 bits per heavy atom. The van der Waals surface area contributed by atoms with Gasteiger partial charge in [-0.05, 0) is 115 Å². The summed E-state index contributed by atoms with van der Waals surface area (Å²) in [7, 11) is 0. The summed E-state index contributed by atoms with van der Waals surface area (Å²) in [6.07, 6.45) is 0. The molecule has 0 saturated heterocycles. The summed E-state index contributed by atoms with van der Waals surface area (Å²) in [5.74, 6) is 0. The highest BCUT2D eigenvalue weighted by Crippen LogP contribution is 2.56. The summed E-state index contributed by atoms with van der Waals surface area (Å²) in [6, 6.07) is 91.5. The molecule has 1 aromatic heterocycles. The van der Waals surface area contributed by atoms with Crippen LogP contribution in [0.15, 0.2) is 249 Å². The van der Waals surface area contributed by atoms with Crippen LogP contribution in [0.4, 0.5) is 17.1 Å². The first-order valence-corrected chi connectivity index (χ1v) is 22.5. The Hall–Kier alpha value is -7.78. The molecule has 12 rings (SSSR count). The van der Waals surface area contributed by atoms with Gasteiger partial charge in [-0.25, -0.2) is 0 Å². The molecule has 11 aromatic rings. The molecule has 1 heterocycles. The van der Waals surface area contributed by atoms with Gasteiger partial charge in [-0.2, -0.15) is 0 Å². The van der Waals surface area contributed by atoms with Crippen molar-refractivity contribution in [2.24, 2.45) is 0 Å². The maximum atomic E-state index is 2.45. The third-order valence-corrected chi connectivity index (χ3v) is 14.1. The Morgan fingerprint density at radius 2 is 0.794 bits per heavy atom. The second-order valence-electron chi connectivity index (χ2n) is 16.4. The maximum absolute atomic E-state index is 2.45. The Labute approximate surface area is 372 Å². The van der Waals surface area contributed by atoms with Gasteiger partial charge < -0.3 is 4.90 Å². The molecule has 296 valence electrons. The zero-order valence-electron chi connectivity index (χ0n) is 34.5. The number of benzene rings is 10. The van der Waals surface area contributed by atoms with E-state index in [1.54, 1.807) is 0 Å². The summed E-state index contributed by atoms with van der Waals surface area (Å²) < 4.78 is 2.62. The number of thiophene rings is 1. The van der Waals surface area contributed by atoms with Crippen LogP contribution in [0.1, 0.15) is 22.3 Å². The van der Waals surface area contributed by atoms with Crippen LogP contribution in [0.25, 0.3) is 64.7 Å². The van der Waals surface area contributed by atoms with Gasteiger partial charge in [0.15, 0.2) is 0 Å². The largest absolute Gasteiger partial charge is 0.310 e. The zero-order chi connectivity index (χ0) is 41.7. The lowest BCUT2D eigenvalue weighted by molar-refractivity contribution is 0.768. The fraction of sp³-hybridized carbons (Fsp3) is 0.0164. The zero-order valence-corrected chi connectivity index (χ0v) is 35.3. The first-order chi connectivity index (χ1) is 31.2. The van der Waals surface area contributed by atoms with Crippen LogP contribution in [0.2, 0.25) is 0 Å². The second kappa shape index (κ2) is 15.3. The van der Waals surface area contributed by atoms with Crippen molar-refractivity contribution in [1.82, 2.24) is 0 Å². The Morgan fingerprint density at radius 3 is 1.46 bits per heavy atom. The maximum Gasteiger partial charge on any atom is 0.0713 e. The van der Waals surface area contributed by atoms with Crippen molar-refractivity contribution < 1.29 is 0 Å². The molecule has 63 heavy (non-hydrogen) atoms. The highest BCUT2D eigenvalue weighted by Gasteiger charge is 2.45. The van der Waals surface area contributed by atoms with Crippen molar-refractivity contribution in [2.45, 2.75) is 5.41 Å². The lowest BCUT2D eigenvalue weighted by Crippen LogP contribution is -2.28. The van der Waals surface area contributed by atoms with Crippen LogP contribution in [-0.2, 0) is 5.41 Å². The van der Waals surface area contributed by atoms with Gasteiger partial charge in [-0.3, -0.25) is 0 Å². The van der Waals surface area contributed by atoms with Gasteiger partial charge in [0.1, 0.15) is 0 Å². The van der Waals surface area contributed by atoms with E-state index in [1.165, 1.54) is 86.9 Å². The third kappa shape index (κ3) is 6.14. The van der Waals surface area contributed by atoms with E-state index in [-0.39, 0.29) is 0 Å². The topological polar surface area (TPSA) is 3.24 Å². The molecule has 0 spiro atoms. The quantitative estimate of drug-likeness (QED) is 0.148. The van der Waals surface area contributed by atoms with Gasteiger partial charge in [0.2, 0.25) is 0 Å². The summed E-state index contributed by atoms with van der Waals surface area (Å²) >= 11 is 1.88. The van der Waals surface area contributed by atoms with Crippen LogP contribution < -0.4 is 4.90 Å². The Balaban J connectivity index is 1.08. The SMILES string of the molecule is c1ccc(-c2cc(-c3ccccc3)cc(N(c3ccc(C4(c5ccccc5)c5ccccc5-c5ccccc54)cc3)c3cccc(-c4cccc5c4sc4ccccc45)c3)c2)cc1. The molecule has 1 aliphatic carbocycles. The smallest absolute Gasteiger partial charge is 0.0713 e. The molecule has 0 bridgehead atoms. The van der Waals surface area contributed by atoms with E-state index in [1.807, 2.05) is 11.3 Å². The Kier molecular flexibility index (Phi) is 8.98. The van der Waals surface area contributed by atoms with E-state index in [2.05, 4.69) is 254 Å². The summed E-state index contributed by atoms with van der Waals surface area (Å²) in [6.45, 7) is 0. The van der Waals surface area contributed by atoms with Gasteiger partial charge in [-0.1, -0.05) is 200 Å². The van der Waals surface area contributed by atoms with Gasteiger partial charge in [0.05, 0.1) is 5.41 Å². The minimum absolute atomic E-state index is 0.478. The predicted octanol–water partition coefficient (Wildman–Crippen LogP) is 16.9. The first kappa shape index (κ1) is 37.0. The third-order valence-electron chi connectivity index (χ3n) is 12.9. The lowest BCUT2D eigenvalue weighted by atomic mass is 9.68. The van der Waals surface area contributed by atoms with Crippen LogP contribution in [0.5, 0.6) is 0 Å². The molecular formula is C61H41NS. The molecule has 0 N–H and O–H groups in total. The van der Waals surface area contributed by atoms with E-state index in [0.717, 1.165) is 17.1 Å². The van der Waals surface area contributed by atoms with Crippen molar-refractivity contribution >= 4 is 48.6 Å². The molecule has 0 radical (unpaired) electrons. The minimum atomic E-state index is -0.478. The number of rotatable bonds is 8. The molecule has 0 aliphatic heterocycles. The summed E-state index contributed by atoms with van der Waals surface area (Å²) in [4.78, 5) is 2.45. The highest BCUT2D eigenvalue weighted by atomic mass is 32.1. The number of hydrogen-bond donors (Lipinski definition) is 0. The average molecular weight is 820 g/mol. The van der Waals surface area contributed by atoms with Crippen molar-refractivity contribution in [3.05, 3.63) is 271 Å². The van der Waals surface area contributed by atoms with E-state index >= 15 is 0 Å². The van der Waals surface area contributed by atoms with Gasteiger partial charge in [-0.15, -0.1) is 11.3 Å². The van der Waals surface area contributed by atoms with E-state index in [9.17, 15) is 0 Å². The second-order valence-corrected chi connectivity index (χ2v) is 17.5. The van der Waals surface area contributed by atoms with Crippen molar-refractivity contribution in [3.8, 4) is 44.5 Å². The monoisotopic (exact) mass is 819 g/mol. The standard InChI is InChI=1S/C61H41NS/c1-4-18-42(19-5-1)45-38-46(43-20-6-2-7-21-43)41-51(40-45)62(50-25-16-22-44(39-50)52-29-17-30-56-55-28-12-15-33-59(55)63-60(52)56)49-36-34-48(35-37-49)61(47-23-8-3-9-24-47)57-31-13-10-26-53(57)54-27-11-14-32-58(54)61/h1-41H. The molecule has 0 fully saturated rings. The molecule has 0 amide bonds. The van der Waals surface area contributed by atoms with Crippen LogP contribution in [-0.4, -0.2) is 0 Å². The average Bonchev–Trinajstić information content (AvgIpc) is 3.89. The number of hydrogen-bond acceptors (Lipinski definition) is 2. The number of nitrogens with zero attached hydrogens (tertiary/aromatic N) is 1. The summed E-state index contributed by atoms with van der Waals surface area (Å²) in [5.41, 5.74) is 17.6. The van der Waals surface area contributed by atoms with Gasteiger partial charge in [0.25, 0.3) is 0 Å². The van der Waals surface area contributed by atoms with Crippen LogP contribution in [0, 0.1) is 0 Å². The normalized spacial score (nSPS) is 12.6. The van der Waals surface area contributed by atoms with Gasteiger partial charge in [0, 0.05) is 37.2 Å². The first-order valence-electron chi connectivity index (χ1n) is 21.7. The summed E-state index contributed by atoms with van der Waals surface area (Å²) in [5, 5.41) is 2.61.